The predicted molar refractivity (Wildman–Crippen MR) is 87.5 cm³/mol. The normalized spacial score (nSPS) is 30.2. The molecule has 0 aromatic carbocycles. The van der Waals surface area contributed by atoms with Crippen LogP contribution in [0.5, 0.6) is 0 Å². The lowest BCUT2D eigenvalue weighted by atomic mass is 9.89. The minimum Gasteiger partial charge on any atom is -0.466 e. The summed E-state index contributed by atoms with van der Waals surface area (Å²) in [6.07, 6.45) is 7.32. The van der Waals surface area contributed by atoms with Gasteiger partial charge >= 0.3 is 5.97 Å². The molecular weight excluding hydrogens is 280 g/mol. The molecule has 0 aromatic heterocycles. The molecule has 2 aliphatic carbocycles. The molecule has 2 bridgehead atoms. The maximum absolute atomic E-state index is 11.6. The molecule has 3 nitrogen and oxygen atoms in total. The molecule has 0 spiro atoms. The van der Waals surface area contributed by atoms with Crippen LogP contribution < -0.4 is 0 Å². The van der Waals surface area contributed by atoms with Crippen LogP contribution in [0.3, 0.4) is 0 Å². The minimum absolute atomic E-state index is 0.215. The maximum atomic E-state index is 11.6. The number of hydrogen-bond donors (Lipinski definition) is 0. The van der Waals surface area contributed by atoms with Crippen LogP contribution in [-0.2, 0) is 14.0 Å². The molecular formula is C17H28O3Si. The summed E-state index contributed by atoms with van der Waals surface area (Å²) in [7, 11) is -0.311. The molecule has 0 unspecified atom stereocenters. The van der Waals surface area contributed by atoms with Gasteiger partial charge in [-0.05, 0) is 36.4 Å². The van der Waals surface area contributed by atoms with Crippen LogP contribution in [0.15, 0.2) is 23.8 Å². The average molecular weight is 308 g/mol. The molecule has 3 atom stereocenters. The standard InChI is InChI=1S/C17H28O3Si/c1-17(2,3)21(5,6)20-11-15-13-8-7-12(9-13)14(15)10-16(18)19-4/h7-8,10,12-13,15H,9,11H2,1-6H3/b14-10-/t12-,13+,15+/m1/s1. The minimum atomic E-state index is -1.75. The molecule has 1 fully saturated rings. The van der Waals surface area contributed by atoms with Crippen LogP contribution in [0.25, 0.3) is 0 Å². The lowest BCUT2D eigenvalue weighted by Crippen LogP contribution is -2.42. The summed E-state index contributed by atoms with van der Waals surface area (Å²) in [6.45, 7) is 12.0. The van der Waals surface area contributed by atoms with Crippen LogP contribution in [0.1, 0.15) is 27.2 Å². The average Bonchev–Trinajstić information content (AvgIpc) is 2.96. The number of hydrogen-bond acceptors (Lipinski definition) is 3. The lowest BCUT2D eigenvalue weighted by Gasteiger charge is -2.37. The summed E-state index contributed by atoms with van der Waals surface area (Å²) in [5.41, 5.74) is 1.20. The molecule has 2 rings (SSSR count). The van der Waals surface area contributed by atoms with Crippen molar-refractivity contribution in [2.24, 2.45) is 17.8 Å². The fourth-order valence-corrected chi connectivity index (χ4v) is 3.97. The van der Waals surface area contributed by atoms with Gasteiger partial charge in [0.2, 0.25) is 0 Å². The highest BCUT2D eigenvalue weighted by Gasteiger charge is 2.43. The highest BCUT2D eigenvalue weighted by Crippen LogP contribution is 2.48. The second-order valence-electron chi connectivity index (χ2n) is 7.74. The van der Waals surface area contributed by atoms with Crippen LogP contribution in [0.4, 0.5) is 0 Å². The summed E-state index contributed by atoms with van der Waals surface area (Å²) in [5.74, 6) is 1.02. The van der Waals surface area contributed by atoms with E-state index in [1.807, 2.05) is 0 Å². The third kappa shape index (κ3) is 3.32. The highest BCUT2D eigenvalue weighted by molar-refractivity contribution is 6.74. The summed E-state index contributed by atoms with van der Waals surface area (Å²) in [6, 6.07) is 0. The van der Waals surface area contributed by atoms with E-state index in [-0.39, 0.29) is 11.0 Å². The molecule has 118 valence electrons. The Labute approximate surface area is 129 Å². The Kier molecular flexibility index (Phi) is 4.50. The molecule has 0 aromatic rings. The first kappa shape index (κ1) is 16.5. The number of rotatable bonds is 4. The van der Waals surface area contributed by atoms with Crippen molar-refractivity contribution in [1.29, 1.82) is 0 Å². The fourth-order valence-electron chi connectivity index (χ4n) is 2.94. The van der Waals surface area contributed by atoms with E-state index < -0.39 is 8.32 Å². The van der Waals surface area contributed by atoms with E-state index in [9.17, 15) is 4.79 Å². The molecule has 4 heteroatoms. The number of carbonyl (C=O) groups is 1. The first-order valence-electron chi connectivity index (χ1n) is 7.77. The van der Waals surface area contributed by atoms with Gasteiger partial charge in [0.15, 0.2) is 8.32 Å². The zero-order valence-electron chi connectivity index (χ0n) is 14.1. The number of methoxy groups -OCH3 is 1. The zero-order chi connectivity index (χ0) is 15.8. The lowest BCUT2D eigenvalue weighted by molar-refractivity contribution is -0.134. The van der Waals surface area contributed by atoms with E-state index in [2.05, 4.69) is 46.0 Å². The number of fused-ring (bicyclic) bond motifs is 2. The van der Waals surface area contributed by atoms with Crippen LogP contribution >= 0.6 is 0 Å². The smallest absolute Gasteiger partial charge is 0.330 e. The molecule has 0 saturated heterocycles. The van der Waals surface area contributed by atoms with E-state index in [4.69, 9.17) is 9.16 Å². The Hall–Kier alpha value is -0.873. The van der Waals surface area contributed by atoms with Crippen molar-refractivity contribution in [1.82, 2.24) is 0 Å². The Morgan fingerprint density at radius 1 is 1.38 bits per heavy atom. The maximum Gasteiger partial charge on any atom is 0.330 e. The molecule has 0 amide bonds. The van der Waals surface area contributed by atoms with Gasteiger partial charge in [-0.25, -0.2) is 4.79 Å². The third-order valence-electron chi connectivity index (χ3n) is 5.41. The summed E-state index contributed by atoms with van der Waals surface area (Å²) in [5, 5.41) is 0.215. The Bertz CT molecular complexity index is 471. The predicted octanol–water partition coefficient (Wildman–Crippen LogP) is 3.93. The number of carbonyl (C=O) groups excluding carboxylic acids is 1. The number of allylic oxidation sites excluding steroid dienone is 2. The fraction of sp³-hybridized carbons (Fsp3) is 0.706. The Morgan fingerprint density at radius 2 is 2.05 bits per heavy atom. The van der Waals surface area contributed by atoms with Crippen molar-refractivity contribution in [2.75, 3.05) is 13.7 Å². The van der Waals surface area contributed by atoms with Gasteiger partial charge in [0.25, 0.3) is 0 Å². The third-order valence-corrected chi connectivity index (χ3v) is 9.91. The van der Waals surface area contributed by atoms with E-state index in [0.717, 1.165) is 13.0 Å². The Morgan fingerprint density at radius 3 is 2.62 bits per heavy atom. The molecule has 2 aliphatic rings. The van der Waals surface area contributed by atoms with E-state index in [1.54, 1.807) is 6.08 Å². The first-order valence-corrected chi connectivity index (χ1v) is 10.7. The van der Waals surface area contributed by atoms with E-state index >= 15 is 0 Å². The molecule has 0 aliphatic heterocycles. The zero-order valence-corrected chi connectivity index (χ0v) is 15.1. The highest BCUT2D eigenvalue weighted by atomic mass is 28.4. The van der Waals surface area contributed by atoms with Gasteiger partial charge in [-0.2, -0.15) is 0 Å². The first-order chi connectivity index (χ1) is 9.65. The van der Waals surface area contributed by atoms with Crippen LogP contribution in [-0.4, -0.2) is 28.0 Å². The number of esters is 1. The Balaban J connectivity index is 2.10. The molecule has 0 N–H and O–H groups in total. The van der Waals surface area contributed by atoms with Crippen LogP contribution in [0.2, 0.25) is 18.1 Å². The molecule has 21 heavy (non-hydrogen) atoms. The molecule has 1 saturated carbocycles. The van der Waals surface area contributed by atoms with E-state index in [0.29, 0.717) is 17.8 Å². The van der Waals surface area contributed by atoms with Crippen molar-refractivity contribution in [3.63, 3.8) is 0 Å². The van der Waals surface area contributed by atoms with Gasteiger partial charge in [-0.1, -0.05) is 38.5 Å². The molecule has 0 heterocycles. The second kappa shape index (κ2) is 5.73. The SMILES string of the molecule is COC(=O)/C=C1/[C@@H]2C=C[C@@H](C2)[C@@H]1CO[Si](C)(C)C(C)(C)C. The second-order valence-corrected chi connectivity index (χ2v) is 12.5. The summed E-state index contributed by atoms with van der Waals surface area (Å²) < 4.78 is 11.2. The number of ether oxygens (including phenoxy) is 1. The van der Waals surface area contributed by atoms with Gasteiger partial charge in [0.1, 0.15) is 0 Å². The van der Waals surface area contributed by atoms with Gasteiger partial charge in [0.05, 0.1) is 7.11 Å². The van der Waals surface area contributed by atoms with Crippen molar-refractivity contribution in [2.45, 2.75) is 45.3 Å². The van der Waals surface area contributed by atoms with Crippen molar-refractivity contribution < 1.29 is 14.0 Å². The van der Waals surface area contributed by atoms with Crippen molar-refractivity contribution in [3.8, 4) is 0 Å². The van der Waals surface area contributed by atoms with Crippen molar-refractivity contribution in [3.05, 3.63) is 23.8 Å². The van der Waals surface area contributed by atoms with Crippen molar-refractivity contribution >= 4 is 14.3 Å². The largest absolute Gasteiger partial charge is 0.466 e. The van der Waals surface area contributed by atoms with Gasteiger partial charge < -0.3 is 9.16 Å². The topological polar surface area (TPSA) is 35.5 Å². The van der Waals surface area contributed by atoms with Gasteiger partial charge in [0, 0.05) is 18.6 Å². The summed E-state index contributed by atoms with van der Waals surface area (Å²) >= 11 is 0. The quantitative estimate of drug-likeness (QED) is 0.342. The summed E-state index contributed by atoms with van der Waals surface area (Å²) in [4.78, 5) is 11.6. The molecule has 0 radical (unpaired) electrons. The monoisotopic (exact) mass is 308 g/mol. The van der Waals surface area contributed by atoms with E-state index in [1.165, 1.54) is 12.7 Å². The van der Waals surface area contributed by atoms with Gasteiger partial charge in [-0.3, -0.25) is 0 Å². The van der Waals surface area contributed by atoms with Crippen LogP contribution in [0, 0.1) is 17.8 Å². The van der Waals surface area contributed by atoms with Gasteiger partial charge in [-0.15, -0.1) is 0 Å².